The zero-order chi connectivity index (χ0) is 14.6. The number of hydrogen-bond donors (Lipinski definition) is 2. The fourth-order valence-electron chi connectivity index (χ4n) is 1.56. The molecule has 0 aliphatic heterocycles. The number of aliphatic hydroxyl groups is 1. The van der Waals surface area contributed by atoms with Crippen LogP contribution in [0, 0.1) is 0 Å². The Morgan fingerprint density at radius 3 is 2.58 bits per heavy atom. The fraction of sp³-hybridized carbons (Fsp3) is 0.364. The molecule has 0 saturated heterocycles. The molecule has 8 heteroatoms. The van der Waals surface area contributed by atoms with Crippen molar-refractivity contribution in [3.63, 3.8) is 0 Å². The van der Waals surface area contributed by atoms with Gasteiger partial charge >= 0.3 is 0 Å². The zero-order valence-corrected chi connectivity index (χ0v) is 12.7. The number of nitrogens with two attached hydrogens (primary N) is 1. The molecule has 0 radical (unpaired) electrons. The highest BCUT2D eigenvalue weighted by Crippen LogP contribution is 2.25. The number of likely N-dealkylation sites (N-methyl/N-ethyl adjacent to an activating group) is 1. The lowest BCUT2D eigenvalue weighted by atomic mass is 10.2. The van der Waals surface area contributed by atoms with Crippen LogP contribution in [0.2, 0.25) is 5.02 Å². The normalized spacial score (nSPS) is 11.8. The van der Waals surface area contributed by atoms with E-state index in [0.29, 0.717) is 5.56 Å². The van der Waals surface area contributed by atoms with Gasteiger partial charge in [-0.1, -0.05) is 36.8 Å². The Kier molecular flexibility index (Phi) is 5.69. The topological polar surface area (TPSA) is 83.6 Å². The molecule has 1 aromatic rings. The van der Waals surface area contributed by atoms with Gasteiger partial charge in [-0.25, -0.2) is 8.42 Å². The lowest BCUT2D eigenvalue weighted by Crippen LogP contribution is -2.33. The Bertz CT molecular complexity index is 575. The molecule has 0 bridgehead atoms. The van der Waals surface area contributed by atoms with Gasteiger partial charge in [-0.3, -0.25) is 0 Å². The lowest BCUT2D eigenvalue weighted by molar-refractivity contribution is 0.257. The van der Waals surface area contributed by atoms with E-state index < -0.39 is 10.0 Å². The van der Waals surface area contributed by atoms with Crippen molar-refractivity contribution in [3.8, 4) is 0 Å². The maximum Gasteiger partial charge on any atom is 0.244 e. The molecule has 5 nitrogen and oxygen atoms in total. The first-order chi connectivity index (χ1) is 8.84. The van der Waals surface area contributed by atoms with Crippen LogP contribution in [0.3, 0.4) is 0 Å². The molecule has 0 saturated carbocycles. The molecule has 0 heterocycles. The number of halogens is 1. The Morgan fingerprint density at radius 1 is 1.53 bits per heavy atom. The number of benzene rings is 1. The molecule has 0 aromatic heterocycles. The third-order valence-electron chi connectivity index (χ3n) is 2.54. The minimum absolute atomic E-state index is 0.0201. The van der Waals surface area contributed by atoms with E-state index in [9.17, 15) is 8.42 Å². The molecule has 106 valence electrons. The van der Waals surface area contributed by atoms with Crippen molar-refractivity contribution in [2.75, 3.05) is 19.7 Å². The maximum atomic E-state index is 12.3. The predicted molar refractivity (Wildman–Crippen MR) is 78.9 cm³/mol. The lowest BCUT2D eigenvalue weighted by Gasteiger charge is -2.20. The van der Waals surface area contributed by atoms with Gasteiger partial charge in [0.15, 0.2) is 0 Å². The average molecular weight is 323 g/mol. The summed E-state index contributed by atoms with van der Waals surface area (Å²) in [4.78, 5) is 0.123. The highest BCUT2D eigenvalue weighted by molar-refractivity contribution is 7.89. The second kappa shape index (κ2) is 6.62. The minimum Gasteiger partial charge on any atom is -0.395 e. The number of nitrogens with zero attached hydrogens (tertiary/aromatic N) is 1. The summed E-state index contributed by atoms with van der Waals surface area (Å²) in [5.41, 5.74) is 5.96. The van der Waals surface area contributed by atoms with Crippen LogP contribution in [-0.2, 0) is 10.0 Å². The molecule has 3 N–H and O–H groups in total. The first-order valence-electron chi connectivity index (χ1n) is 5.55. The van der Waals surface area contributed by atoms with Crippen LogP contribution in [0.25, 0.3) is 0 Å². The summed E-state index contributed by atoms with van der Waals surface area (Å²) < 4.78 is 25.8. The summed E-state index contributed by atoms with van der Waals surface area (Å²) in [6, 6.07) is 4.30. The van der Waals surface area contributed by atoms with E-state index in [-0.39, 0.29) is 34.6 Å². The van der Waals surface area contributed by atoms with Gasteiger partial charge in [0.05, 0.1) is 11.6 Å². The summed E-state index contributed by atoms with van der Waals surface area (Å²) in [6.45, 7) is 1.70. The summed E-state index contributed by atoms with van der Waals surface area (Å²) in [7, 11) is -3.73. The SMILES string of the molecule is CCN(CCO)S(=O)(=O)c1ccc(C(N)=S)cc1Cl. The third kappa shape index (κ3) is 3.64. The van der Waals surface area contributed by atoms with Crippen molar-refractivity contribution < 1.29 is 13.5 Å². The van der Waals surface area contributed by atoms with Crippen LogP contribution in [0.5, 0.6) is 0 Å². The Hall–Kier alpha value is -0.730. The number of sulfonamides is 1. The summed E-state index contributed by atoms with van der Waals surface area (Å²) >= 11 is 10.8. The monoisotopic (exact) mass is 322 g/mol. The molecule has 1 rings (SSSR count). The number of thiocarbonyl (C=S) groups is 1. The molecule has 0 spiro atoms. The van der Waals surface area contributed by atoms with Gasteiger partial charge in [-0.15, -0.1) is 0 Å². The van der Waals surface area contributed by atoms with Gasteiger partial charge < -0.3 is 10.8 Å². The van der Waals surface area contributed by atoms with Crippen LogP contribution < -0.4 is 5.73 Å². The molecule has 19 heavy (non-hydrogen) atoms. The summed E-state index contributed by atoms with van der Waals surface area (Å²) in [5.74, 6) is 0. The number of hydrogen-bond acceptors (Lipinski definition) is 4. The second-order valence-corrected chi connectivity index (χ2v) is 6.48. The predicted octanol–water partition coefficient (Wildman–Crippen LogP) is 0.977. The zero-order valence-electron chi connectivity index (χ0n) is 10.3. The molecule has 0 amide bonds. The average Bonchev–Trinajstić information content (AvgIpc) is 2.35. The van der Waals surface area contributed by atoms with Crippen molar-refractivity contribution in [1.29, 1.82) is 0 Å². The van der Waals surface area contributed by atoms with E-state index in [4.69, 9.17) is 34.7 Å². The van der Waals surface area contributed by atoms with E-state index in [1.54, 1.807) is 6.92 Å². The van der Waals surface area contributed by atoms with Crippen molar-refractivity contribution >= 4 is 38.8 Å². The van der Waals surface area contributed by atoms with Gasteiger partial charge in [0.2, 0.25) is 10.0 Å². The first kappa shape index (κ1) is 16.3. The molecule has 0 aliphatic carbocycles. The second-order valence-electron chi connectivity index (χ2n) is 3.73. The number of aliphatic hydroxyl groups excluding tert-OH is 1. The Labute approximate surface area is 123 Å². The van der Waals surface area contributed by atoms with E-state index in [0.717, 1.165) is 4.31 Å². The molecule has 1 aromatic carbocycles. The largest absolute Gasteiger partial charge is 0.395 e. The van der Waals surface area contributed by atoms with Gasteiger partial charge in [-0.2, -0.15) is 4.31 Å². The van der Waals surface area contributed by atoms with Crippen LogP contribution in [0.4, 0.5) is 0 Å². The van der Waals surface area contributed by atoms with Crippen molar-refractivity contribution in [2.24, 2.45) is 5.73 Å². The van der Waals surface area contributed by atoms with E-state index in [1.807, 2.05) is 0 Å². The quantitative estimate of drug-likeness (QED) is 0.763. The Morgan fingerprint density at radius 2 is 2.16 bits per heavy atom. The van der Waals surface area contributed by atoms with Crippen LogP contribution in [0.15, 0.2) is 23.1 Å². The molecule has 0 atom stereocenters. The van der Waals surface area contributed by atoms with Crippen LogP contribution in [0.1, 0.15) is 12.5 Å². The van der Waals surface area contributed by atoms with Crippen molar-refractivity contribution in [3.05, 3.63) is 28.8 Å². The van der Waals surface area contributed by atoms with Crippen LogP contribution >= 0.6 is 23.8 Å². The van der Waals surface area contributed by atoms with Crippen LogP contribution in [-0.4, -0.2) is 42.5 Å². The fourth-order valence-corrected chi connectivity index (χ4v) is 3.65. The summed E-state index contributed by atoms with van der Waals surface area (Å²) in [6.07, 6.45) is 0. The van der Waals surface area contributed by atoms with Gasteiger partial charge in [0.1, 0.15) is 9.88 Å². The first-order valence-corrected chi connectivity index (χ1v) is 7.77. The van der Waals surface area contributed by atoms with E-state index in [2.05, 4.69) is 0 Å². The van der Waals surface area contributed by atoms with Crippen molar-refractivity contribution in [2.45, 2.75) is 11.8 Å². The van der Waals surface area contributed by atoms with E-state index >= 15 is 0 Å². The van der Waals surface area contributed by atoms with Gasteiger partial charge in [0.25, 0.3) is 0 Å². The van der Waals surface area contributed by atoms with Gasteiger partial charge in [-0.05, 0) is 12.1 Å². The molecular weight excluding hydrogens is 308 g/mol. The highest BCUT2D eigenvalue weighted by atomic mass is 35.5. The third-order valence-corrected chi connectivity index (χ3v) is 5.23. The molecular formula is C11H15ClN2O3S2. The smallest absolute Gasteiger partial charge is 0.244 e. The van der Waals surface area contributed by atoms with Crippen molar-refractivity contribution in [1.82, 2.24) is 4.31 Å². The van der Waals surface area contributed by atoms with E-state index in [1.165, 1.54) is 18.2 Å². The Balaban J connectivity index is 3.25. The highest BCUT2D eigenvalue weighted by Gasteiger charge is 2.25. The molecule has 0 fully saturated rings. The van der Waals surface area contributed by atoms with Gasteiger partial charge in [0, 0.05) is 18.7 Å². The maximum absolute atomic E-state index is 12.3. The minimum atomic E-state index is -3.73. The number of rotatable bonds is 6. The molecule has 0 unspecified atom stereocenters. The standard InChI is InChI=1S/C11H15ClN2O3S2/c1-2-14(5-6-15)19(16,17)10-4-3-8(11(13)18)7-9(10)12/h3-4,7,15H,2,5-6H2,1H3,(H2,13,18). The summed E-state index contributed by atoms with van der Waals surface area (Å²) in [5, 5.41) is 8.95. The molecule has 0 aliphatic rings.